The summed E-state index contributed by atoms with van der Waals surface area (Å²) in [7, 11) is 0. The lowest BCUT2D eigenvalue weighted by Crippen LogP contribution is -2.45. The second-order valence-corrected chi connectivity index (χ2v) is 5.62. The van der Waals surface area contributed by atoms with Crippen LogP contribution in [0.15, 0.2) is 24.3 Å². The van der Waals surface area contributed by atoms with Crippen molar-refractivity contribution in [1.82, 2.24) is 16.3 Å². The van der Waals surface area contributed by atoms with Crippen LogP contribution in [0.4, 0.5) is 0 Å². The Labute approximate surface area is 129 Å². The van der Waals surface area contributed by atoms with E-state index in [1.54, 1.807) is 0 Å². The molecule has 3 atom stereocenters. The third kappa shape index (κ3) is 3.38. The van der Waals surface area contributed by atoms with Crippen molar-refractivity contribution in [3.05, 3.63) is 29.8 Å². The van der Waals surface area contributed by atoms with Crippen molar-refractivity contribution in [2.75, 3.05) is 13.2 Å². The molecule has 1 amide bonds. The SMILES string of the molecule is NNC(=O)C1CC(c2ccccc2OCC2CCCO2)NN1. The summed E-state index contributed by atoms with van der Waals surface area (Å²) in [6.07, 6.45) is 2.94. The molecule has 22 heavy (non-hydrogen) atoms. The van der Waals surface area contributed by atoms with Crippen LogP contribution in [0.25, 0.3) is 0 Å². The van der Waals surface area contributed by atoms with Crippen LogP contribution in [0, 0.1) is 0 Å². The fraction of sp³-hybridized carbons (Fsp3) is 0.533. The molecule has 0 aromatic heterocycles. The molecule has 1 aromatic carbocycles. The number of carbonyl (C=O) groups excluding carboxylic acids is 1. The zero-order valence-electron chi connectivity index (χ0n) is 12.4. The highest BCUT2D eigenvalue weighted by Gasteiger charge is 2.31. The van der Waals surface area contributed by atoms with Gasteiger partial charge in [-0.3, -0.25) is 10.2 Å². The fourth-order valence-corrected chi connectivity index (χ4v) is 2.89. The summed E-state index contributed by atoms with van der Waals surface area (Å²) < 4.78 is 11.5. The molecule has 2 heterocycles. The third-order valence-electron chi connectivity index (χ3n) is 4.11. The molecule has 7 heteroatoms. The van der Waals surface area contributed by atoms with Gasteiger partial charge in [-0.2, -0.15) is 0 Å². The van der Waals surface area contributed by atoms with E-state index in [2.05, 4.69) is 16.3 Å². The molecular formula is C15H22N4O3. The van der Waals surface area contributed by atoms with Crippen LogP contribution in [0.1, 0.15) is 30.9 Å². The van der Waals surface area contributed by atoms with Crippen molar-refractivity contribution < 1.29 is 14.3 Å². The van der Waals surface area contributed by atoms with Gasteiger partial charge in [-0.05, 0) is 25.3 Å². The average Bonchev–Trinajstić information content (AvgIpc) is 3.24. The molecule has 0 spiro atoms. The Bertz CT molecular complexity index is 519. The van der Waals surface area contributed by atoms with Crippen LogP contribution in [-0.2, 0) is 9.53 Å². The zero-order valence-corrected chi connectivity index (χ0v) is 12.4. The number of hydrogen-bond acceptors (Lipinski definition) is 6. The van der Waals surface area contributed by atoms with Gasteiger partial charge in [-0.15, -0.1) is 0 Å². The van der Waals surface area contributed by atoms with E-state index >= 15 is 0 Å². The first-order valence-corrected chi connectivity index (χ1v) is 7.63. The van der Waals surface area contributed by atoms with Gasteiger partial charge >= 0.3 is 0 Å². The highest BCUT2D eigenvalue weighted by Crippen LogP contribution is 2.30. The summed E-state index contributed by atoms with van der Waals surface area (Å²) >= 11 is 0. The lowest BCUT2D eigenvalue weighted by atomic mass is 10.0. The summed E-state index contributed by atoms with van der Waals surface area (Å²) in [6, 6.07) is 7.52. The van der Waals surface area contributed by atoms with Gasteiger partial charge in [0, 0.05) is 12.2 Å². The van der Waals surface area contributed by atoms with Crippen molar-refractivity contribution in [1.29, 1.82) is 0 Å². The highest BCUT2D eigenvalue weighted by atomic mass is 16.5. The normalized spacial score (nSPS) is 27.8. The number of amides is 1. The Morgan fingerprint density at radius 1 is 1.41 bits per heavy atom. The van der Waals surface area contributed by atoms with Crippen LogP contribution in [0.3, 0.4) is 0 Å². The number of hydrogen-bond donors (Lipinski definition) is 4. The van der Waals surface area contributed by atoms with E-state index in [0.717, 1.165) is 30.8 Å². The second-order valence-electron chi connectivity index (χ2n) is 5.62. The Hall–Kier alpha value is -1.67. The predicted octanol–water partition coefficient (Wildman–Crippen LogP) is 0.142. The first kappa shape index (κ1) is 15.2. The molecule has 0 radical (unpaired) electrons. The van der Waals surface area contributed by atoms with Gasteiger partial charge in [-0.1, -0.05) is 18.2 Å². The molecule has 3 rings (SSSR count). The number of rotatable bonds is 5. The molecule has 7 nitrogen and oxygen atoms in total. The smallest absolute Gasteiger partial charge is 0.252 e. The summed E-state index contributed by atoms with van der Waals surface area (Å²) in [5, 5.41) is 0. The summed E-state index contributed by atoms with van der Waals surface area (Å²) in [5.41, 5.74) is 9.28. The Balaban J connectivity index is 1.64. The molecule has 5 N–H and O–H groups in total. The topological polar surface area (TPSA) is 97.6 Å². The predicted molar refractivity (Wildman–Crippen MR) is 80.7 cm³/mol. The van der Waals surface area contributed by atoms with Gasteiger partial charge in [0.15, 0.2) is 0 Å². The van der Waals surface area contributed by atoms with Gasteiger partial charge in [0.1, 0.15) is 18.4 Å². The molecule has 120 valence electrons. The molecule has 1 aromatic rings. The monoisotopic (exact) mass is 306 g/mol. The molecule has 0 aliphatic carbocycles. The minimum Gasteiger partial charge on any atom is -0.491 e. The number of nitrogens with two attached hydrogens (primary N) is 1. The Morgan fingerprint density at radius 2 is 2.27 bits per heavy atom. The molecule has 2 saturated heterocycles. The standard InChI is InChI=1S/C15H22N4O3/c16-17-15(20)13-8-12(18-19-13)11-5-1-2-6-14(11)22-9-10-4-3-7-21-10/h1-2,5-6,10,12-13,18-19H,3-4,7-9,16H2,(H,17,20). The molecule has 2 fully saturated rings. The number of para-hydroxylation sites is 1. The van der Waals surface area contributed by atoms with Crippen LogP contribution >= 0.6 is 0 Å². The molecule has 0 saturated carbocycles. The van der Waals surface area contributed by atoms with E-state index in [1.165, 1.54) is 0 Å². The molecule has 3 unspecified atom stereocenters. The van der Waals surface area contributed by atoms with Crippen molar-refractivity contribution in [2.45, 2.75) is 37.5 Å². The maximum Gasteiger partial charge on any atom is 0.252 e. The molecular weight excluding hydrogens is 284 g/mol. The van der Waals surface area contributed by atoms with E-state index in [0.29, 0.717) is 13.0 Å². The lowest BCUT2D eigenvalue weighted by Gasteiger charge is -2.17. The molecule has 2 aliphatic heterocycles. The van der Waals surface area contributed by atoms with E-state index in [4.69, 9.17) is 15.3 Å². The van der Waals surface area contributed by atoms with Gasteiger partial charge in [0.05, 0.1) is 12.1 Å². The zero-order chi connectivity index (χ0) is 15.4. The van der Waals surface area contributed by atoms with Crippen molar-refractivity contribution in [3.63, 3.8) is 0 Å². The quantitative estimate of drug-likeness (QED) is 0.351. The number of benzene rings is 1. The van der Waals surface area contributed by atoms with Crippen LogP contribution in [-0.4, -0.2) is 31.3 Å². The minimum absolute atomic E-state index is 0.00277. The minimum atomic E-state index is -0.346. The molecule has 0 bridgehead atoms. The van der Waals surface area contributed by atoms with Gasteiger partial charge in [0.2, 0.25) is 0 Å². The second kappa shape index (κ2) is 7.06. The Morgan fingerprint density at radius 3 is 3.05 bits per heavy atom. The summed E-state index contributed by atoms with van der Waals surface area (Å²) in [5.74, 6) is 5.77. The maximum absolute atomic E-state index is 11.6. The first-order chi connectivity index (χ1) is 10.8. The van der Waals surface area contributed by atoms with Gasteiger partial charge in [-0.25, -0.2) is 16.7 Å². The lowest BCUT2D eigenvalue weighted by molar-refractivity contribution is -0.122. The summed E-state index contributed by atoms with van der Waals surface area (Å²) in [6.45, 7) is 1.38. The van der Waals surface area contributed by atoms with Crippen molar-refractivity contribution >= 4 is 5.91 Å². The highest BCUT2D eigenvalue weighted by molar-refractivity contribution is 5.81. The maximum atomic E-state index is 11.6. The number of carbonyl (C=O) groups is 1. The van der Waals surface area contributed by atoms with Crippen LogP contribution in [0.5, 0.6) is 5.75 Å². The van der Waals surface area contributed by atoms with E-state index < -0.39 is 0 Å². The average molecular weight is 306 g/mol. The van der Waals surface area contributed by atoms with Crippen molar-refractivity contribution in [3.8, 4) is 5.75 Å². The fourth-order valence-electron chi connectivity index (χ4n) is 2.89. The largest absolute Gasteiger partial charge is 0.491 e. The van der Waals surface area contributed by atoms with Gasteiger partial charge < -0.3 is 9.47 Å². The van der Waals surface area contributed by atoms with E-state index in [9.17, 15) is 4.79 Å². The van der Waals surface area contributed by atoms with Crippen LogP contribution in [0.2, 0.25) is 0 Å². The van der Waals surface area contributed by atoms with E-state index in [-0.39, 0.29) is 24.1 Å². The first-order valence-electron chi connectivity index (χ1n) is 7.63. The number of ether oxygens (including phenoxy) is 2. The van der Waals surface area contributed by atoms with E-state index in [1.807, 2.05) is 24.3 Å². The third-order valence-corrected chi connectivity index (χ3v) is 4.11. The number of nitrogens with one attached hydrogen (secondary N) is 3. The van der Waals surface area contributed by atoms with Gasteiger partial charge in [0.25, 0.3) is 5.91 Å². The number of hydrazine groups is 2. The van der Waals surface area contributed by atoms with Crippen LogP contribution < -0.4 is 26.9 Å². The summed E-state index contributed by atoms with van der Waals surface area (Å²) in [4.78, 5) is 11.6. The molecule has 2 aliphatic rings. The Kier molecular flexibility index (Phi) is 4.89. The van der Waals surface area contributed by atoms with Crippen molar-refractivity contribution in [2.24, 2.45) is 5.84 Å².